The maximum atomic E-state index is 14.6. The Morgan fingerprint density at radius 2 is 1.80 bits per heavy atom. The quantitative estimate of drug-likeness (QED) is 0.349. The predicted octanol–water partition coefficient (Wildman–Crippen LogP) is 4.95. The summed E-state index contributed by atoms with van der Waals surface area (Å²) in [7, 11) is 0. The first-order chi connectivity index (χ1) is 16.5. The van der Waals surface area contributed by atoms with Gasteiger partial charge in [0.2, 0.25) is 0 Å². The number of ether oxygens (including phenoxy) is 2. The van der Waals surface area contributed by atoms with Gasteiger partial charge in [0, 0.05) is 30.4 Å². The number of fused-ring (bicyclic) bond motifs is 1. The number of carbonyl (C=O) groups is 1. The number of hydrogen-bond donors (Lipinski definition) is 3. The second kappa shape index (κ2) is 8.89. The lowest BCUT2D eigenvalue weighted by Crippen LogP contribution is -2.51. The number of alkyl halides is 3. The van der Waals surface area contributed by atoms with Crippen molar-refractivity contribution in [1.82, 2.24) is 10.3 Å². The number of halogens is 6. The summed E-state index contributed by atoms with van der Waals surface area (Å²) < 4.78 is 88.8. The average Bonchev–Trinajstić information content (AvgIpc) is 2.78. The highest BCUT2D eigenvalue weighted by atomic mass is 19.4. The van der Waals surface area contributed by atoms with Crippen LogP contribution >= 0.6 is 0 Å². The van der Waals surface area contributed by atoms with E-state index in [4.69, 9.17) is 4.74 Å². The highest BCUT2D eigenvalue weighted by Gasteiger charge is 2.43. The van der Waals surface area contributed by atoms with Gasteiger partial charge in [-0.2, -0.15) is 0 Å². The van der Waals surface area contributed by atoms with Gasteiger partial charge < -0.3 is 25.2 Å². The lowest BCUT2D eigenvalue weighted by Gasteiger charge is -2.39. The van der Waals surface area contributed by atoms with E-state index >= 15 is 0 Å². The number of amides is 2. The van der Waals surface area contributed by atoms with Crippen LogP contribution in [-0.2, 0) is 5.54 Å². The number of anilines is 1. The number of nitrogens with one attached hydrogen (secondary N) is 2. The van der Waals surface area contributed by atoms with Crippen molar-refractivity contribution in [3.63, 3.8) is 0 Å². The van der Waals surface area contributed by atoms with Crippen LogP contribution in [0.4, 0.5) is 36.8 Å². The standard InChI is InChI=1S/C22H15F6N3O4/c23-13-8-11(3-4-16(13)35-22(26,27)28)21(5-7-34-17-2-1-6-29-19(17)21)31-20(33)30-12-9-14(24)18(32)15(25)10-12/h1-4,6,8-10,32H,5,7H2,(H2,30,31,33)/t21-/m0/s1. The monoisotopic (exact) mass is 499 g/mol. The molecule has 0 aliphatic carbocycles. The van der Waals surface area contributed by atoms with Gasteiger partial charge in [0.15, 0.2) is 29.0 Å². The van der Waals surface area contributed by atoms with Crippen LogP contribution in [0, 0.1) is 17.5 Å². The van der Waals surface area contributed by atoms with Gasteiger partial charge >= 0.3 is 12.4 Å². The first kappa shape index (κ1) is 24.0. The third-order valence-electron chi connectivity index (χ3n) is 5.16. The van der Waals surface area contributed by atoms with E-state index in [2.05, 4.69) is 20.4 Å². The number of rotatable bonds is 4. The zero-order chi connectivity index (χ0) is 25.4. The molecular formula is C22H15F6N3O4. The molecule has 1 aliphatic rings. The molecule has 2 amide bonds. The Labute approximate surface area is 193 Å². The second-order valence-corrected chi connectivity index (χ2v) is 7.41. The van der Waals surface area contributed by atoms with Gasteiger partial charge in [-0.05, 0) is 29.8 Å². The molecule has 0 fully saturated rings. The van der Waals surface area contributed by atoms with Gasteiger partial charge in [-0.25, -0.2) is 18.0 Å². The number of urea groups is 1. The van der Waals surface area contributed by atoms with E-state index < -0.39 is 46.9 Å². The summed E-state index contributed by atoms with van der Waals surface area (Å²) in [4.78, 5) is 17.1. The first-order valence-corrected chi connectivity index (χ1v) is 9.90. The summed E-state index contributed by atoms with van der Waals surface area (Å²) in [5.74, 6) is -6.09. The maximum absolute atomic E-state index is 14.6. The molecule has 3 N–H and O–H groups in total. The van der Waals surface area contributed by atoms with E-state index in [0.29, 0.717) is 12.1 Å². The SMILES string of the molecule is O=C(Nc1cc(F)c(O)c(F)c1)N[C@]1(c2ccc(OC(F)(F)F)c(F)c2)CCOc2cccnc21. The molecule has 0 radical (unpaired) electrons. The topological polar surface area (TPSA) is 92.7 Å². The molecule has 0 saturated carbocycles. The van der Waals surface area contributed by atoms with E-state index in [1.54, 1.807) is 0 Å². The Kier molecular flexibility index (Phi) is 6.09. The fraction of sp³-hybridized carbons (Fsp3) is 0.182. The number of carbonyl (C=O) groups excluding carboxylic acids is 1. The number of aromatic nitrogens is 1. The zero-order valence-corrected chi connectivity index (χ0v) is 17.4. The lowest BCUT2D eigenvalue weighted by atomic mass is 9.81. The summed E-state index contributed by atoms with van der Waals surface area (Å²) >= 11 is 0. The van der Waals surface area contributed by atoms with Gasteiger partial charge in [-0.3, -0.25) is 4.98 Å². The number of phenolic OH excluding ortho intramolecular Hbond substituents is 1. The van der Waals surface area contributed by atoms with Crippen LogP contribution in [0.25, 0.3) is 0 Å². The van der Waals surface area contributed by atoms with Crippen LogP contribution in [0.15, 0.2) is 48.7 Å². The molecule has 1 aliphatic heterocycles. The van der Waals surface area contributed by atoms with Crippen LogP contribution < -0.4 is 20.1 Å². The van der Waals surface area contributed by atoms with Gasteiger partial charge in [0.1, 0.15) is 17.0 Å². The average molecular weight is 499 g/mol. The molecule has 184 valence electrons. The summed E-state index contributed by atoms with van der Waals surface area (Å²) in [6.45, 7) is 0.00383. The summed E-state index contributed by atoms with van der Waals surface area (Å²) in [5, 5.41) is 14.0. The zero-order valence-electron chi connectivity index (χ0n) is 17.4. The van der Waals surface area contributed by atoms with Crippen molar-refractivity contribution in [3.05, 3.63) is 77.4 Å². The molecule has 7 nitrogen and oxygen atoms in total. The molecule has 2 heterocycles. The highest BCUT2D eigenvalue weighted by molar-refractivity contribution is 5.90. The fourth-order valence-corrected chi connectivity index (χ4v) is 3.70. The van der Waals surface area contributed by atoms with Gasteiger partial charge in [0.05, 0.1) is 6.61 Å². The molecule has 4 rings (SSSR count). The van der Waals surface area contributed by atoms with Crippen molar-refractivity contribution in [1.29, 1.82) is 0 Å². The molecule has 2 aromatic carbocycles. The summed E-state index contributed by atoms with van der Waals surface area (Å²) in [5.41, 5.74) is -1.83. The van der Waals surface area contributed by atoms with E-state index in [0.717, 1.165) is 18.2 Å². The third kappa shape index (κ3) is 4.88. The van der Waals surface area contributed by atoms with Crippen LogP contribution in [0.5, 0.6) is 17.2 Å². The summed E-state index contributed by atoms with van der Waals surface area (Å²) in [6, 6.07) is 6.02. The van der Waals surface area contributed by atoms with Crippen molar-refractivity contribution in [2.45, 2.75) is 18.3 Å². The molecule has 1 aromatic heterocycles. The normalized spacial score (nSPS) is 17.2. The number of hydrogen-bond acceptors (Lipinski definition) is 5. The minimum absolute atomic E-state index is 0.00383. The number of pyridine rings is 1. The van der Waals surface area contributed by atoms with Crippen molar-refractivity contribution in [3.8, 4) is 17.2 Å². The Bertz CT molecular complexity index is 1260. The molecule has 0 unspecified atom stereocenters. The van der Waals surface area contributed by atoms with Crippen LogP contribution in [-0.4, -0.2) is 29.1 Å². The molecule has 35 heavy (non-hydrogen) atoms. The minimum atomic E-state index is -5.13. The van der Waals surface area contributed by atoms with E-state index in [-0.39, 0.29) is 35.7 Å². The van der Waals surface area contributed by atoms with E-state index in [1.165, 1.54) is 18.3 Å². The molecule has 0 bridgehead atoms. The molecule has 13 heteroatoms. The summed E-state index contributed by atoms with van der Waals surface area (Å²) in [6.07, 6.45) is -3.79. The van der Waals surface area contributed by atoms with Crippen molar-refractivity contribution in [2.24, 2.45) is 0 Å². The van der Waals surface area contributed by atoms with E-state index in [1.807, 2.05) is 0 Å². The van der Waals surface area contributed by atoms with Crippen molar-refractivity contribution in [2.75, 3.05) is 11.9 Å². The smallest absolute Gasteiger partial charge is 0.503 e. The largest absolute Gasteiger partial charge is 0.573 e. The van der Waals surface area contributed by atoms with Crippen LogP contribution in [0.3, 0.4) is 0 Å². The Balaban J connectivity index is 1.73. The second-order valence-electron chi connectivity index (χ2n) is 7.41. The molecule has 1 atom stereocenters. The van der Waals surface area contributed by atoms with Crippen molar-refractivity contribution >= 4 is 11.7 Å². The predicted molar refractivity (Wildman–Crippen MR) is 108 cm³/mol. The Hall–Kier alpha value is -4.16. The van der Waals surface area contributed by atoms with Gasteiger partial charge in [0.25, 0.3) is 0 Å². The maximum Gasteiger partial charge on any atom is 0.573 e. The van der Waals surface area contributed by atoms with Crippen LogP contribution in [0.2, 0.25) is 0 Å². The molecule has 0 saturated heterocycles. The third-order valence-corrected chi connectivity index (χ3v) is 5.16. The van der Waals surface area contributed by atoms with Crippen molar-refractivity contribution < 1.29 is 45.7 Å². The Morgan fingerprint density at radius 3 is 2.46 bits per heavy atom. The van der Waals surface area contributed by atoms with E-state index in [9.17, 15) is 36.2 Å². The number of nitrogens with zero attached hydrogens (tertiary/aromatic N) is 1. The Morgan fingerprint density at radius 1 is 1.09 bits per heavy atom. The number of aromatic hydroxyl groups is 1. The molecular weight excluding hydrogens is 484 g/mol. The molecule has 0 spiro atoms. The van der Waals surface area contributed by atoms with Gasteiger partial charge in [-0.1, -0.05) is 6.07 Å². The number of phenols is 1. The highest BCUT2D eigenvalue weighted by Crippen LogP contribution is 2.42. The van der Waals surface area contributed by atoms with Gasteiger partial charge in [-0.15, -0.1) is 13.2 Å². The first-order valence-electron chi connectivity index (χ1n) is 9.90. The van der Waals surface area contributed by atoms with Crippen LogP contribution in [0.1, 0.15) is 17.7 Å². The minimum Gasteiger partial charge on any atom is -0.503 e. The lowest BCUT2D eigenvalue weighted by molar-refractivity contribution is -0.275. The number of benzene rings is 2. The fourth-order valence-electron chi connectivity index (χ4n) is 3.70. The molecule has 3 aromatic rings.